The summed E-state index contributed by atoms with van der Waals surface area (Å²) in [6, 6.07) is 2.36. The summed E-state index contributed by atoms with van der Waals surface area (Å²) < 4.78 is 6.92. The van der Waals surface area contributed by atoms with Crippen LogP contribution in [-0.2, 0) is 4.43 Å². The number of hydrogen-bond acceptors (Lipinski definition) is 2. The van der Waals surface area contributed by atoms with Crippen molar-refractivity contribution in [2.45, 2.75) is 136 Å². The number of nitriles is 1. The Hall–Kier alpha value is -0.593. The van der Waals surface area contributed by atoms with Crippen molar-refractivity contribution in [1.82, 2.24) is 0 Å². The molecule has 0 spiro atoms. The van der Waals surface area contributed by atoms with Gasteiger partial charge in [-0.15, -0.1) is 0 Å². The fraction of sp³-hybridized carbons (Fsp3) is 0.903. The SMILES string of the molecule is C[C@H](CCCC#N)[C@H]1CC[C@H]2[C@@H]3CC=C4C[C@@H](O[Si](C)(C)C(C)(C)C)CC[C@]4(C)[C@H]3CC[C@]12C. The zero-order chi connectivity index (χ0) is 24.9. The highest BCUT2D eigenvalue weighted by molar-refractivity contribution is 6.74. The van der Waals surface area contributed by atoms with Crippen LogP contribution in [0.3, 0.4) is 0 Å². The summed E-state index contributed by atoms with van der Waals surface area (Å²) in [5.41, 5.74) is 2.69. The van der Waals surface area contributed by atoms with Crippen LogP contribution in [0.15, 0.2) is 11.6 Å². The van der Waals surface area contributed by atoms with Gasteiger partial charge in [-0.05, 0) is 123 Å². The van der Waals surface area contributed by atoms with E-state index in [1.807, 2.05) is 0 Å². The molecule has 3 heteroatoms. The van der Waals surface area contributed by atoms with Gasteiger partial charge in [-0.3, -0.25) is 0 Å². The first-order valence-corrected chi connectivity index (χ1v) is 17.5. The third-order valence-electron chi connectivity index (χ3n) is 12.0. The number of nitrogens with zero attached hydrogens (tertiary/aromatic N) is 1. The van der Waals surface area contributed by atoms with Gasteiger partial charge in [-0.2, -0.15) is 5.26 Å². The molecule has 8 atom stereocenters. The minimum Gasteiger partial charge on any atom is -0.414 e. The Morgan fingerprint density at radius 3 is 2.53 bits per heavy atom. The van der Waals surface area contributed by atoms with Gasteiger partial charge in [0, 0.05) is 12.5 Å². The van der Waals surface area contributed by atoms with Crippen LogP contribution in [0.5, 0.6) is 0 Å². The molecule has 0 unspecified atom stereocenters. The van der Waals surface area contributed by atoms with Crippen LogP contribution in [0.4, 0.5) is 0 Å². The molecule has 192 valence electrons. The molecule has 4 aliphatic rings. The van der Waals surface area contributed by atoms with Gasteiger partial charge in [0.1, 0.15) is 0 Å². The van der Waals surface area contributed by atoms with E-state index < -0.39 is 8.32 Å². The molecule has 3 saturated carbocycles. The molecular weight excluding hydrogens is 430 g/mol. The zero-order valence-corrected chi connectivity index (χ0v) is 24.7. The van der Waals surface area contributed by atoms with Crippen molar-refractivity contribution in [1.29, 1.82) is 5.26 Å². The molecule has 0 aliphatic heterocycles. The van der Waals surface area contributed by atoms with Gasteiger partial charge in [0.15, 0.2) is 8.32 Å². The lowest BCUT2D eigenvalue weighted by atomic mass is 9.47. The van der Waals surface area contributed by atoms with E-state index in [9.17, 15) is 0 Å². The van der Waals surface area contributed by atoms with Crippen molar-refractivity contribution in [3.63, 3.8) is 0 Å². The highest BCUT2D eigenvalue weighted by atomic mass is 28.4. The maximum absolute atomic E-state index is 8.98. The van der Waals surface area contributed by atoms with Crippen LogP contribution in [0.25, 0.3) is 0 Å². The van der Waals surface area contributed by atoms with E-state index in [0.717, 1.165) is 42.4 Å². The minimum absolute atomic E-state index is 0.290. The smallest absolute Gasteiger partial charge is 0.192 e. The zero-order valence-electron chi connectivity index (χ0n) is 23.7. The molecule has 4 rings (SSSR count). The summed E-state index contributed by atoms with van der Waals surface area (Å²) in [7, 11) is -1.71. The van der Waals surface area contributed by atoms with Gasteiger partial charge in [0.2, 0.25) is 0 Å². The molecule has 0 bridgehead atoms. The van der Waals surface area contributed by atoms with E-state index in [4.69, 9.17) is 9.69 Å². The van der Waals surface area contributed by atoms with Gasteiger partial charge in [-0.25, -0.2) is 0 Å². The van der Waals surface area contributed by atoms with Gasteiger partial charge in [-0.1, -0.05) is 53.2 Å². The van der Waals surface area contributed by atoms with Crippen LogP contribution >= 0.6 is 0 Å². The van der Waals surface area contributed by atoms with Crippen LogP contribution in [0.2, 0.25) is 18.1 Å². The highest BCUT2D eigenvalue weighted by Crippen LogP contribution is 2.67. The molecule has 34 heavy (non-hydrogen) atoms. The van der Waals surface area contributed by atoms with Crippen LogP contribution in [0.1, 0.15) is 112 Å². The molecule has 0 aromatic carbocycles. The number of hydrogen-bond donors (Lipinski definition) is 0. The van der Waals surface area contributed by atoms with E-state index in [-0.39, 0.29) is 0 Å². The second-order valence-corrected chi connectivity index (χ2v) is 19.5. The lowest BCUT2D eigenvalue weighted by molar-refractivity contribution is -0.0564. The highest BCUT2D eigenvalue weighted by Gasteiger charge is 2.59. The molecule has 0 heterocycles. The Kier molecular flexibility index (Phi) is 7.29. The fourth-order valence-corrected chi connectivity index (χ4v) is 10.4. The standard InChI is InChI=1S/C31H53NOSi/c1-22(11-9-10-20-32)26-14-15-27-25-13-12-23-21-24(33-34(7,8)29(2,3)4)16-18-30(23,5)28(25)17-19-31(26,27)6/h12,22,24-28H,9-11,13-19,21H2,1-8H3/t22-,24+,25+,26-,27+,28+,30+,31-/m1/s1. The predicted molar refractivity (Wildman–Crippen MR) is 146 cm³/mol. The molecular formula is C31H53NOSi. The number of allylic oxidation sites excluding steroid dienone is 1. The second-order valence-electron chi connectivity index (χ2n) is 14.8. The lowest BCUT2D eigenvalue weighted by Gasteiger charge is -2.59. The lowest BCUT2D eigenvalue weighted by Crippen LogP contribution is -2.52. The van der Waals surface area contributed by atoms with E-state index >= 15 is 0 Å². The molecule has 4 aliphatic carbocycles. The first kappa shape index (κ1) is 26.5. The molecule has 0 aromatic rings. The Morgan fingerprint density at radius 1 is 1.12 bits per heavy atom. The first-order chi connectivity index (χ1) is 15.8. The Morgan fingerprint density at radius 2 is 1.85 bits per heavy atom. The van der Waals surface area contributed by atoms with Gasteiger partial charge < -0.3 is 4.43 Å². The molecule has 0 amide bonds. The maximum atomic E-state index is 8.98. The molecule has 0 N–H and O–H groups in total. The Bertz CT molecular complexity index is 818. The van der Waals surface area contributed by atoms with Gasteiger partial charge >= 0.3 is 0 Å². The van der Waals surface area contributed by atoms with Crippen molar-refractivity contribution < 1.29 is 4.43 Å². The van der Waals surface area contributed by atoms with Crippen molar-refractivity contribution in [3.05, 3.63) is 11.6 Å². The largest absolute Gasteiger partial charge is 0.414 e. The van der Waals surface area contributed by atoms with E-state index in [2.05, 4.69) is 66.8 Å². The normalized spacial score (nSPS) is 41.0. The molecule has 0 aromatic heterocycles. The third-order valence-corrected chi connectivity index (χ3v) is 16.6. The average molecular weight is 484 g/mol. The van der Waals surface area contributed by atoms with E-state index in [0.29, 0.717) is 22.0 Å². The van der Waals surface area contributed by atoms with Crippen molar-refractivity contribution >= 4 is 8.32 Å². The van der Waals surface area contributed by atoms with E-state index in [1.54, 1.807) is 5.57 Å². The topological polar surface area (TPSA) is 33.0 Å². The molecule has 3 fully saturated rings. The van der Waals surface area contributed by atoms with Crippen LogP contribution in [-0.4, -0.2) is 14.4 Å². The fourth-order valence-electron chi connectivity index (χ4n) is 9.00. The Balaban J connectivity index is 1.47. The average Bonchev–Trinajstić information content (AvgIpc) is 3.10. The van der Waals surface area contributed by atoms with Gasteiger partial charge in [0.05, 0.1) is 6.07 Å². The first-order valence-electron chi connectivity index (χ1n) is 14.6. The number of fused-ring (bicyclic) bond motifs is 5. The summed E-state index contributed by atoms with van der Waals surface area (Å²) in [6.45, 7) is 19.7. The van der Waals surface area contributed by atoms with Crippen molar-refractivity contribution in [2.24, 2.45) is 40.4 Å². The van der Waals surface area contributed by atoms with Crippen molar-refractivity contribution in [3.8, 4) is 6.07 Å². The van der Waals surface area contributed by atoms with Crippen LogP contribution < -0.4 is 0 Å². The molecule has 0 radical (unpaired) electrons. The summed E-state index contributed by atoms with van der Waals surface area (Å²) in [5, 5.41) is 9.27. The maximum Gasteiger partial charge on any atom is 0.192 e. The summed E-state index contributed by atoms with van der Waals surface area (Å²) in [5.74, 6) is 4.32. The summed E-state index contributed by atoms with van der Waals surface area (Å²) in [4.78, 5) is 0. The number of unbranched alkanes of at least 4 members (excludes halogenated alkanes) is 1. The van der Waals surface area contributed by atoms with Crippen molar-refractivity contribution in [2.75, 3.05) is 0 Å². The predicted octanol–water partition coefficient (Wildman–Crippen LogP) is 9.29. The quantitative estimate of drug-likeness (QED) is 0.214. The molecule has 2 nitrogen and oxygen atoms in total. The summed E-state index contributed by atoms with van der Waals surface area (Å²) >= 11 is 0. The van der Waals surface area contributed by atoms with E-state index in [1.165, 1.54) is 57.8 Å². The monoisotopic (exact) mass is 483 g/mol. The van der Waals surface area contributed by atoms with Gasteiger partial charge in [0.25, 0.3) is 0 Å². The minimum atomic E-state index is -1.71. The summed E-state index contributed by atoms with van der Waals surface area (Å²) in [6.07, 6.45) is 17.0. The second kappa shape index (κ2) is 9.37. The third kappa shape index (κ3) is 4.49. The number of rotatable bonds is 6. The van der Waals surface area contributed by atoms with Crippen LogP contribution in [0, 0.1) is 51.8 Å². The Labute approximate surface area is 212 Å². The molecule has 0 saturated heterocycles.